The Morgan fingerprint density at radius 3 is 2.72 bits per heavy atom. The van der Waals surface area contributed by atoms with Crippen LogP contribution in [0.25, 0.3) is 5.69 Å². The van der Waals surface area contributed by atoms with Gasteiger partial charge in [0.15, 0.2) is 0 Å². The third kappa shape index (κ3) is 4.87. The average Bonchev–Trinajstić information content (AvgIpc) is 2.91. The van der Waals surface area contributed by atoms with Crippen LogP contribution in [0, 0.1) is 12.7 Å². The van der Waals surface area contributed by atoms with Crippen LogP contribution in [-0.2, 0) is 9.59 Å². The van der Waals surface area contributed by atoms with Crippen molar-refractivity contribution in [2.45, 2.75) is 32.7 Å². The lowest BCUT2D eigenvalue weighted by atomic mass is 10.2. The molecule has 25 heavy (non-hydrogen) atoms. The minimum atomic E-state index is -0.998. The summed E-state index contributed by atoms with van der Waals surface area (Å²) in [6.07, 6.45) is 1.11. The Labute approximate surface area is 144 Å². The van der Waals surface area contributed by atoms with Gasteiger partial charge in [-0.2, -0.15) is 5.10 Å². The molecule has 1 unspecified atom stereocenters. The number of hydrogen-bond donors (Lipinski definition) is 3. The first-order valence-electron chi connectivity index (χ1n) is 8.00. The predicted molar refractivity (Wildman–Crippen MR) is 91.2 cm³/mol. The van der Waals surface area contributed by atoms with Crippen molar-refractivity contribution in [3.05, 3.63) is 41.8 Å². The van der Waals surface area contributed by atoms with Gasteiger partial charge in [0.05, 0.1) is 12.2 Å². The molecule has 1 amide bonds. The van der Waals surface area contributed by atoms with Gasteiger partial charge >= 0.3 is 5.97 Å². The van der Waals surface area contributed by atoms with Crippen LogP contribution in [0.5, 0.6) is 0 Å². The van der Waals surface area contributed by atoms with Gasteiger partial charge in [-0.1, -0.05) is 25.5 Å². The topological polar surface area (TPSA) is 96.3 Å². The van der Waals surface area contributed by atoms with Crippen LogP contribution in [0.1, 0.15) is 25.5 Å². The zero-order valence-corrected chi connectivity index (χ0v) is 14.1. The Balaban J connectivity index is 2.09. The number of carbonyl (C=O) groups is 2. The molecule has 2 rings (SSSR count). The van der Waals surface area contributed by atoms with Crippen molar-refractivity contribution < 1.29 is 19.1 Å². The van der Waals surface area contributed by atoms with E-state index in [-0.39, 0.29) is 12.2 Å². The summed E-state index contributed by atoms with van der Waals surface area (Å²) in [5, 5.41) is 18.6. The number of para-hydroxylation sites is 1. The van der Waals surface area contributed by atoms with Crippen LogP contribution < -0.4 is 10.6 Å². The molecule has 0 bridgehead atoms. The normalized spacial score (nSPS) is 12.0. The molecule has 3 N–H and O–H groups in total. The molecule has 8 heteroatoms. The molecular weight excluding hydrogens is 327 g/mol. The number of hydrogen-bond acceptors (Lipinski definition) is 4. The second-order valence-corrected chi connectivity index (χ2v) is 5.64. The smallest absolute Gasteiger partial charge is 0.320 e. The molecule has 0 radical (unpaired) electrons. The Hall–Kier alpha value is -2.74. The molecule has 0 aliphatic heterocycles. The highest BCUT2D eigenvalue weighted by atomic mass is 19.1. The maximum Gasteiger partial charge on any atom is 0.320 e. The molecule has 1 heterocycles. The highest BCUT2D eigenvalue weighted by molar-refractivity contribution is 5.92. The van der Waals surface area contributed by atoms with Gasteiger partial charge in [-0.3, -0.25) is 14.9 Å². The van der Waals surface area contributed by atoms with E-state index in [0.29, 0.717) is 24.4 Å². The number of halogens is 1. The van der Waals surface area contributed by atoms with Crippen LogP contribution in [0.15, 0.2) is 30.3 Å². The van der Waals surface area contributed by atoms with Crippen molar-refractivity contribution in [3.8, 4) is 5.69 Å². The van der Waals surface area contributed by atoms with Crippen molar-refractivity contribution in [2.24, 2.45) is 0 Å². The number of aromatic nitrogens is 2. The lowest BCUT2D eigenvalue weighted by molar-refractivity contribution is -0.139. The molecule has 1 atom stereocenters. The van der Waals surface area contributed by atoms with Crippen molar-refractivity contribution in [1.29, 1.82) is 0 Å². The van der Waals surface area contributed by atoms with E-state index in [1.54, 1.807) is 31.2 Å². The van der Waals surface area contributed by atoms with Crippen molar-refractivity contribution in [1.82, 2.24) is 15.1 Å². The van der Waals surface area contributed by atoms with Crippen LogP contribution in [-0.4, -0.2) is 39.4 Å². The number of carbonyl (C=O) groups excluding carboxylic acids is 1. The Morgan fingerprint density at radius 1 is 1.36 bits per heavy atom. The van der Waals surface area contributed by atoms with E-state index in [4.69, 9.17) is 5.11 Å². The van der Waals surface area contributed by atoms with Crippen molar-refractivity contribution in [3.63, 3.8) is 0 Å². The third-order valence-electron chi connectivity index (χ3n) is 3.56. The number of amides is 1. The fourth-order valence-electron chi connectivity index (χ4n) is 2.40. The number of benzene rings is 1. The summed E-state index contributed by atoms with van der Waals surface area (Å²) in [5.41, 5.74) is 0.828. The molecule has 0 spiro atoms. The van der Waals surface area contributed by atoms with Gasteiger partial charge in [0.25, 0.3) is 0 Å². The number of aliphatic carboxylic acids is 1. The Kier molecular flexibility index (Phi) is 6.24. The minimum absolute atomic E-state index is 0.168. The number of rotatable bonds is 8. The van der Waals surface area contributed by atoms with Crippen LogP contribution in [0.2, 0.25) is 0 Å². The summed E-state index contributed by atoms with van der Waals surface area (Å²) in [6, 6.07) is 6.93. The molecule has 0 aliphatic carbocycles. The average molecular weight is 348 g/mol. The number of nitrogens with zero attached hydrogens (tertiary/aromatic N) is 2. The highest BCUT2D eigenvalue weighted by Crippen LogP contribution is 2.19. The summed E-state index contributed by atoms with van der Waals surface area (Å²) < 4.78 is 15.3. The monoisotopic (exact) mass is 348 g/mol. The van der Waals surface area contributed by atoms with Gasteiger partial charge in [-0.15, -0.1) is 0 Å². The van der Waals surface area contributed by atoms with Crippen LogP contribution in [0.4, 0.5) is 10.2 Å². The van der Waals surface area contributed by atoms with E-state index in [1.165, 1.54) is 10.7 Å². The van der Waals surface area contributed by atoms with Gasteiger partial charge in [0.2, 0.25) is 5.91 Å². The minimum Gasteiger partial charge on any atom is -0.480 e. The van der Waals surface area contributed by atoms with E-state index < -0.39 is 23.7 Å². The second kappa shape index (κ2) is 8.39. The maximum atomic E-state index is 14.0. The molecule has 1 aromatic heterocycles. The predicted octanol–water partition coefficient (Wildman–Crippen LogP) is 2.10. The Bertz CT molecular complexity index is 760. The van der Waals surface area contributed by atoms with E-state index in [1.807, 2.05) is 6.92 Å². The second-order valence-electron chi connectivity index (χ2n) is 5.64. The van der Waals surface area contributed by atoms with E-state index >= 15 is 0 Å². The van der Waals surface area contributed by atoms with Crippen molar-refractivity contribution >= 4 is 17.7 Å². The number of anilines is 1. The summed E-state index contributed by atoms with van der Waals surface area (Å²) in [4.78, 5) is 23.2. The van der Waals surface area contributed by atoms with E-state index in [2.05, 4.69) is 15.7 Å². The number of carboxylic acid groups (broad SMARTS) is 1. The first-order valence-corrected chi connectivity index (χ1v) is 8.00. The molecule has 134 valence electrons. The molecule has 0 aliphatic rings. The highest BCUT2D eigenvalue weighted by Gasteiger charge is 2.18. The lowest BCUT2D eigenvalue weighted by Crippen LogP contribution is -2.41. The first kappa shape index (κ1) is 18.6. The van der Waals surface area contributed by atoms with Crippen LogP contribution in [0.3, 0.4) is 0 Å². The third-order valence-corrected chi connectivity index (χ3v) is 3.56. The molecule has 1 aromatic carbocycles. The summed E-state index contributed by atoms with van der Waals surface area (Å²) >= 11 is 0. The Morgan fingerprint density at radius 2 is 2.08 bits per heavy atom. The standard InChI is InChI=1S/C17H21FN4O3/c1-3-6-13(17(24)25)19-10-16(23)20-15-9-11(2)21-22(15)14-8-5-4-7-12(14)18/h4-5,7-9,13,19H,3,6,10H2,1-2H3,(H,20,23)(H,24,25). The number of carboxylic acids is 1. The molecular formula is C17H21FN4O3. The fourth-order valence-corrected chi connectivity index (χ4v) is 2.40. The lowest BCUT2D eigenvalue weighted by Gasteiger charge is -2.14. The number of nitrogens with one attached hydrogen (secondary N) is 2. The van der Waals surface area contributed by atoms with Gasteiger partial charge < -0.3 is 10.4 Å². The SMILES string of the molecule is CCCC(NCC(=O)Nc1cc(C)nn1-c1ccccc1F)C(=O)O. The van der Waals surface area contributed by atoms with Crippen molar-refractivity contribution in [2.75, 3.05) is 11.9 Å². The van der Waals surface area contributed by atoms with Gasteiger partial charge in [0.1, 0.15) is 23.4 Å². The zero-order chi connectivity index (χ0) is 18.4. The van der Waals surface area contributed by atoms with E-state index in [9.17, 15) is 14.0 Å². The fraction of sp³-hybridized carbons (Fsp3) is 0.353. The molecule has 0 saturated carbocycles. The quantitative estimate of drug-likeness (QED) is 0.679. The molecule has 0 fully saturated rings. The maximum absolute atomic E-state index is 14.0. The van der Waals surface area contributed by atoms with Gasteiger partial charge in [0, 0.05) is 6.07 Å². The van der Waals surface area contributed by atoms with Gasteiger partial charge in [-0.25, -0.2) is 9.07 Å². The first-order chi connectivity index (χ1) is 11.9. The summed E-state index contributed by atoms with van der Waals surface area (Å²) in [6.45, 7) is 3.43. The summed E-state index contributed by atoms with van der Waals surface area (Å²) in [7, 11) is 0. The van der Waals surface area contributed by atoms with Gasteiger partial charge in [-0.05, 0) is 25.5 Å². The molecule has 0 saturated heterocycles. The zero-order valence-electron chi connectivity index (χ0n) is 14.1. The summed E-state index contributed by atoms with van der Waals surface area (Å²) in [5.74, 6) is -1.58. The number of aryl methyl sites for hydroxylation is 1. The molecule has 2 aromatic rings. The van der Waals surface area contributed by atoms with E-state index in [0.717, 1.165) is 0 Å². The largest absolute Gasteiger partial charge is 0.480 e. The molecule has 7 nitrogen and oxygen atoms in total. The van der Waals surface area contributed by atoms with Crippen LogP contribution >= 0.6 is 0 Å².